The average molecular weight is 306 g/mol. The summed E-state index contributed by atoms with van der Waals surface area (Å²) in [5.41, 5.74) is 1.16. The number of ether oxygens (including phenoxy) is 1. The van der Waals surface area contributed by atoms with Gasteiger partial charge in [-0.25, -0.2) is 0 Å². The molecule has 0 bridgehead atoms. The predicted octanol–water partition coefficient (Wildman–Crippen LogP) is 0.127. The third-order valence-electron chi connectivity index (χ3n) is 1.93. The Bertz CT molecular complexity index is 331. The van der Waals surface area contributed by atoms with E-state index in [1.165, 1.54) is 0 Å². The van der Waals surface area contributed by atoms with E-state index in [0.29, 0.717) is 6.61 Å². The highest BCUT2D eigenvalue weighted by atomic mass is 79.9. The van der Waals surface area contributed by atoms with Gasteiger partial charge in [-0.15, -0.1) is 6.58 Å². The molecule has 1 rings (SSSR count). The Morgan fingerprint density at radius 3 is 2.88 bits per heavy atom. The van der Waals surface area contributed by atoms with Gasteiger partial charge in [0.05, 0.1) is 6.61 Å². The molecule has 0 aliphatic heterocycles. The van der Waals surface area contributed by atoms with Crippen molar-refractivity contribution in [2.75, 3.05) is 13.2 Å². The first-order valence-corrected chi connectivity index (χ1v) is 5.80. The highest BCUT2D eigenvalue weighted by Crippen LogP contribution is 2.23. The van der Waals surface area contributed by atoms with E-state index in [0.717, 1.165) is 28.9 Å². The summed E-state index contributed by atoms with van der Waals surface area (Å²) in [6, 6.07) is 6.04. The van der Waals surface area contributed by atoms with Crippen LogP contribution < -0.4 is 22.5 Å². The second-order valence-electron chi connectivity index (χ2n) is 3.10. The molecule has 0 aliphatic rings. The molecule has 1 N–H and O–H groups in total. The van der Waals surface area contributed by atoms with Crippen LogP contribution in [-0.2, 0) is 6.54 Å². The summed E-state index contributed by atoms with van der Waals surface area (Å²) in [7, 11) is 0. The first-order valence-electron chi connectivity index (χ1n) is 5.00. The molecule has 0 atom stereocenters. The Morgan fingerprint density at radius 2 is 2.25 bits per heavy atom. The molecule has 90 valence electrons. The van der Waals surface area contributed by atoms with Crippen molar-refractivity contribution in [3.63, 3.8) is 0 Å². The number of nitrogens with one attached hydrogen (secondary N) is 1. The van der Waals surface area contributed by atoms with Gasteiger partial charge in [0.15, 0.2) is 0 Å². The molecule has 0 saturated carbocycles. The van der Waals surface area contributed by atoms with Crippen molar-refractivity contribution in [1.29, 1.82) is 0 Å². The maximum absolute atomic E-state index is 5.54. The molecule has 1 aromatic carbocycles. The Labute approximate surface area is 112 Å². The quantitative estimate of drug-likeness (QED) is 0.596. The highest BCUT2D eigenvalue weighted by Gasteiger charge is 2.03. The molecule has 0 heterocycles. The van der Waals surface area contributed by atoms with Gasteiger partial charge < -0.3 is 22.5 Å². The Kier molecular flexibility index (Phi) is 8.35. The standard InChI is InChI=1S/C12H16BrNO.ClH/c1-3-7-14-9-10-8-11(13)5-6-12(10)15-4-2;/h3,5-6,8,14H,1,4,7,9H2,2H3;1H/p-1. The minimum absolute atomic E-state index is 0. The SMILES string of the molecule is C=CCNCc1cc(Br)ccc1OCC.[Cl-]. The predicted molar refractivity (Wildman–Crippen MR) is 67.2 cm³/mol. The Balaban J connectivity index is 0.00000225. The molecule has 0 saturated heterocycles. The van der Waals surface area contributed by atoms with Crippen LogP contribution in [0, 0.1) is 0 Å². The largest absolute Gasteiger partial charge is 1.00 e. The van der Waals surface area contributed by atoms with E-state index in [-0.39, 0.29) is 12.4 Å². The summed E-state index contributed by atoms with van der Waals surface area (Å²) >= 11 is 3.45. The summed E-state index contributed by atoms with van der Waals surface area (Å²) < 4.78 is 6.61. The van der Waals surface area contributed by atoms with Crippen molar-refractivity contribution < 1.29 is 17.1 Å². The lowest BCUT2D eigenvalue weighted by atomic mass is 10.2. The van der Waals surface area contributed by atoms with Crippen LogP contribution in [0.4, 0.5) is 0 Å². The molecule has 0 spiro atoms. The minimum atomic E-state index is 0. The molecule has 2 nitrogen and oxygen atoms in total. The van der Waals surface area contributed by atoms with Crippen LogP contribution in [-0.4, -0.2) is 13.2 Å². The van der Waals surface area contributed by atoms with Crippen molar-refractivity contribution in [2.24, 2.45) is 0 Å². The Morgan fingerprint density at radius 1 is 1.50 bits per heavy atom. The van der Waals surface area contributed by atoms with E-state index in [4.69, 9.17) is 4.74 Å². The topological polar surface area (TPSA) is 21.3 Å². The lowest BCUT2D eigenvalue weighted by Gasteiger charge is -2.10. The van der Waals surface area contributed by atoms with Crippen LogP contribution in [0.2, 0.25) is 0 Å². The number of rotatable bonds is 6. The first-order chi connectivity index (χ1) is 7.27. The van der Waals surface area contributed by atoms with Crippen molar-refractivity contribution >= 4 is 15.9 Å². The number of hydrogen-bond acceptors (Lipinski definition) is 2. The molecular formula is C12H16BrClNO-. The van der Waals surface area contributed by atoms with Crippen molar-refractivity contribution in [3.8, 4) is 5.75 Å². The summed E-state index contributed by atoms with van der Waals surface area (Å²) in [6.45, 7) is 7.94. The molecule has 0 aromatic heterocycles. The number of hydrogen-bond donors (Lipinski definition) is 1. The fourth-order valence-corrected chi connectivity index (χ4v) is 1.70. The van der Waals surface area contributed by atoms with Gasteiger partial charge in [-0.05, 0) is 25.1 Å². The molecule has 16 heavy (non-hydrogen) atoms. The van der Waals surface area contributed by atoms with Crippen molar-refractivity contribution in [1.82, 2.24) is 5.32 Å². The second-order valence-corrected chi connectivity index (χ2v) is 4.02. The molecule has 0 amide bonds. The second kappa shape index (κ2) is 8.62. The summed E-state index contributed by atoms with van der Waals surface area (Å²) in [6.07, 6.45) is 1.85. The summed E-state index contributed by atoms with van der Waals surface area (Å²) in [5.74, 6) is 0.942. The van der Waals surface area contributed by atoms with Gasteiger partial charge in [0.1, 0.15) is 5.75 Å². The zero-order chi connectivity index (χ0) is 11.1. The summed E-state index contributed by atoms with van der Waals surface area (Å²) in [5, 5.41) is 3.26. The fourth-order valence-electron chi connectivity index (χ4n) is 1.29. The van der Waals surface area contributed by atoms with Gasteiger partial charge in [0.25, 0.3) is 0 Å². The minimum Gasteiger partial charge on any atom is -1.00 e. The van der Waals surface area contributed by atoms with Crippen LogP contribution in [0.25, 0.3) is 0 Å². The molecule has 0 aliphatic carbocycles. The van der Waals surface area contributed by atoms with Gasteiger partial charge >= 0.3 is 0 Å². The lowest BCUT2D eigenvalue weighted by molar-refractivity contribution is -0.00000355. The monoisotopic (exact) mass is 304 g/mol. The maximum atomic E-state index is 5.54. The maximum Gasteiger partial charge on any atom is 0.123 e. The van der Waals surface area contributed by atoms with E-state index < -0.39 is 0 Å². The molecular weight excluding hydrogens is 289 g/mol. The van der Waals surface area contributed by atoms with Gasteiger partial charge in [-0.3, -0.25) is 0 Å². The molecule has 4 heteroatoms. The van der Waals surface area contributed by atoms with E-state index in [9.17, 15) is 0 Å². The van der Waals surface area contributed by atoms with E-state index in [2.05, 4.69) is 33.9 Å². The van der Waals surface area contributed by atoms with Gasteiger partial charge in [-0.2, -0.15) is 0 Å². The molecule has 0 radical (unpaired) electrons. The van der Waals surface area contributed by atoms with Crippen LogP contribution in [0.5, 0.6) is 5.75 Å². The molecule has 0 unspecified atom stereocenters. The average Bonchev–Trinajstić information content (AvgIpc) is 2.22. The van der Waals surface area contributed by atoms with Crippen molar-refractivity contribution in [2.45, 2.75) is 13.5 Å². The van der Waals surface area contributed by atoms with Gasteiger partial charge in [-0.1, -0.05) is 22.0 Å². The van der Waals surface area contributed by atoms with E-state index in [1.807, 2.05) is 25.1 Å². The van der Waals surface area contributed by atoms with Crippen LogP contribution >= 0.6 is 15.9 Å². The van der Waals surface area contributed by atoms with Crippen LogP contribution in [0.15, 0.2) is 35.3 Å². The van der Waals surface area contributed by atoms with E-state index in [1.54, 1.807) is 0 Å². The fraction of sp³-hybridized carbons (Fsp3) is 0.333. The van der Waals surface area contributed by atoms with Gasteiger partial charge in [0, 0.05) is 23.1 Å². The summed E-state index contributed by atoms with van der Waals surface area (Å²) in [4.78, 5) is 0. The zero-order valence-corrected chi connectivity index (χ0v) is 11.6. The first kappa shape index (κ1) is 15.5. The van der Waals surface area contributed by atoms with Crippen LogP contribution in [0.1, 0.15) is 12.5 Å². The van der Waals surface area contributed by atoms with Gasteiger partial charge in [0.2, 0.25) is 0 Å². The normalized spacial score (nSPS) is 9.38. The highest BCUT2D eigenvalue weighted by molar-refractivity contribution is 9.10. The third-order valence-corrected chi connectivity index (χ3v) is 2.42. The lowest BCUT2D eigenvalue weighted by Crippen LogP contribution is -3.00. The number of halogens is 2. The van der Waals surface area contributed by atoms with E-state index >= 15 is 0 Å². The zero-order valence-electron chi connectivity index (χ0n) is 9.30. The third kappa shape index (κ3) is 5.01. The van der Waals surface area contributed by atoms with Crippen molar-refractivity contribution in [3.05, 3.63) is 40.9 Å². The molecule has 0 fully saturated rings. The Hall–Kier alpha value is -0.510. The molecule has 1 aromatic rings. The smallest absolute Gasteiger partial charge is 0.123 e. The van der Waals surface area contributed by atoms with Crippen LogP contribution in [0.3, 0.4) is 0 Å². The number of benzene rings is 1.